The average Bonchev–Trinajstić information content (AvgIpc) is 2.58. The summed E-state index contributed by atoms with van der Waals surface area (Å²) in [7, 11) is 0. The van der Waals surface area contributed by atoms with Crippen LogP contribution in [0.4, 0.5) is 4.79 Å². The molecule has 0 spiro atoms. The van der Waals surface area contributed by atoms with Gasteiger partial charge in [0.1, 0.15) is 11.7 Å². The van der Waals surface area contributed by atoms with Crippen LogP contribution >= 0.6 is 0 Å². The number of rotatable bonds is 0. The SMILES string of the molecule is CC(C)(C)OC(=O)N1CCCn2nc(C#N)cc2C1. The number of aromatic nitrogens is 2. The Hall–Kier alpha value is -2.03. The van der Waals surface area contributed by atoms with Gasteiger partial charge < -0.3 is 9.64 Å². The molecule has 6 nitrogen and oxygen atoms in total. The highest BCUT2D eigenvalue weighted by Gasteiger charge is 2.25. The Morgan fingerprint density at radius 1 is 1.47 bits per heavy atom. The highest BCUT2D eigenvalue weighted by molar-refractivity contribution is 5.68. The summed E-state index contributed by atoms with van der Waals surface area (Å²) in [5.74, 6) is 0. The van der Waals surface area contributed by atoms with Crippen molar-refractivity contribution in [3.05, 3.63) is 17.5 Å². The molecule has 2 heterocycles. The first-order valence-corrected chi connectivity index (χ1v) is 6.34. The fourth-order valence-corrected chi connectivity index (χ4v) is 2.00. The highest BCUT2D eigenvalue weighted by Crippen LogP contribution is 2.17. The quantitative estimate of drug-likeness (QED) is 0.716. The molecular weight excluding hydrogens is 244 g/mol. The van der Waals surface area contributed by atoms with Crippen LogP contribution in [0.1, 0.15) is 38.6 Å². The molecule has 0 saturated carbocycles. The second-order valence-electron chi connectivity index (χ2n) is 5.61. The van der Waals surface area contributed by atoms with Gasteiger partial charge in [0.25, 0.3) is 0 Å². The predicted molar refractivity (Wildman–Crippen MR) is 68.2 cm³/mol. The van der Waals surface area contributed by atoms with Crippen molar-refractivity contribution in [3.8, 4) is 6.07 Å². The first-order chi connectivity index (χ1) is 8.89. The maximum atomic E-state index is 12.1. The van der Waals surface area contributed by atoms with E-state index in [1.54, 1.807) is 15.6 Å². The van der Waals surface area contributed by atoms with Gasteiger partial charge in [-0.2, -0.15) is 10.4 Å². The fourth-order valence-electron chi connectivity index (χ4n) is 2.00. The maximum absolute atomic E-state index is 12.1. The number of carbonyl (C=O) groups is 1. The zero-order chi connectivity index (χ0) is 14.0. The van der Waals surface area contributed by atoms with Crippen molar-refractivity contribution in [2.24, 2.45) is 0 Å². The summed E-state index contributed by atoms with van der Waals surface area (Å²) < 4.78 is 7.17. The molecule has 0 N–H and O–H groups in total. The molecule has 1 amide bonds. The molecule has 102 valence electrons. The fraction of sp³-hybridized carbons (Fsp3) is 0.615. The molecule has 0 atom stereocenters. The highest BCUT2D eigenvalue weighted by atomic mass is 16.6. The third-order valence-corrected chi connectivity index (χ3v) is 2.78. The van der Waals surface area contributed by atoms with Crippen molar-refractivity contribution < 1.29 is 9.53 Å². The molecule has 0 radical (unpaired) electrons. The number of hydrogen-bond donors (Lipinski definition) is 0. The van der Waals surface area contributed by atoms with E-state index in [4.69, 9.17) is 10.00 Å². The monoisotopic (exact) mass is 262 g/mol. The third kappa shape index (κ3) is 3.25. The van der Waals surface area contributed by atoms with Gasteiger partial charge in [-0.3, -0.25) is 4.68 Å². The van der Waals surface area contributed by atoms with Crippen LogP contribution in [-0.4, -0.2) is 32.9 Å². The summed E-state index contributed by atoms with van der Waals surface area (Å²) in [5.41, 5.74) is 0.766. The van der Waals surface area contributed by atoms with E-state index in [1.165, 1.54) is 0 Å². The smallest absolute Gasteiger partial charge is 0.410 e. The predicted octanol–water partition coefficient (Wildman–Crippen LogP) is 1.90. The Balaban J connectivity index is 2.13. The summed E-state index contributed by atoms with van der Waals surface area (Å²) in [6, 6.07) is 3.75. The number of fused-ring (bicyclic) bond motifs is 1. The van der Waals surface area contributed by atoms with Gasteiger partial charge >= 0.3 is 6.09 Å². The molecule has 0 aromatic carbocycles. The molecule has 6 heteroatoms. The Kier molecular flexibility index (Phi) is 3.47. The molecule has 1 aliphatic rings. The number of nitriles is 1. The van der Waals surface area contributed by atoms with E-state index in [0.29, 0.717) is 18.8 Å². The standard InChI is InChI=1S/C13H18N4O2/c1-13(2,3)19-12(18)16-5-4-6-17-11(9-16)7-10(8-14)15-17/h7H,4-6,9H2,1-3H3. The molecule has 0 aliphatic carbocycles. The number of hydrogen-bond acceptors (Lipinski definition) is 4. The molecule has 0 bridgehead atoms. The second-order valence-corrected chi connectivity index (χ2v) is 5.61. The second kappa shape index (κ2) is 4.92. The molecule has 1 aromatic heterocycles. The van der Waals surface area contributed by atoms with Gasteiger partial charge in [-0.1, -0.05) is 0 Å². The third-order valence-electron chi connectivity index (χ3n) is 2.78. The minimum atomic E-state index is -0.499. The normalized spacial score (nSPS) is 15.4. The first kappa shape index (κ1) is 13.4. The van der Waals surface area contributed by atoms with Crippen LogP contribution in [0.3, 0.4) is 0 Å². The lowest BCUT2D eigenvalue weighted by Gasteiger charge is -2.26. The minimum Gasteiger partial charge on any atom is -0.444 e. The van der Waals surface area contributed by atoms with Crippen LogP contribution in [0.15, 0.2) is 6.07 Å². The van der Waals surface area contributed by atoms with Crippen molar-refractivity contribution in [2.45, 2.75) is 45.9 Å². The van der Waals surface area contributed by atoms with Gasteiger partial charge in [0.15, 0.2) is 5.69 Å². The van der Waals surface area contributed by atoms with Gasteiger partial charge in [-0.05, 0) is 33.3 Å². The Morgan fingerprint density at radius 2 is 2.21 bits per heavy atom. The molecule has 1 aromatic rings. The first-order valence-electron chi connectivity index (χ1n) is 6.34. The topological polar surface area (TPSA) is 71.2 Å². The van der Waals surface area contributed by atoms with Crippen molar-refractivity contribution in [3.63, 3.8) is 0 Å². The Morgan fingerprint density at radius 3 is 2.84 bits per heavy atom. The molecular formula is C13H18N4O2. The van der Waals surface area contributed by atoms with Crippen LogP contribution < -0.4 is 0 Å². The van der Waals surface area contributed by atoms with Crippen molar-refractivity contribution >= 4 is 6.09 Å². The van der Waals surface area contributed by atoms with E-state index in [9.17, 15) is 4.79 Å². The zero-order valence-corrected chi connectivity index (χ0v) is 11.5. The van der Waals surface area contributed by atoms with E-state index >= 15 is 0 Å². The largest absolute Gasteiger partial charge is 0.444 e. The summed E-state index contributed by atoms with van der Waals surface area (Å²) in [5, 5.41) is 13.0. The summed E-state index contributed by atoms with van der Waals surface area (Å²) in [6.45, 7) is 7.34. The van der Waals surface area contributed by atoms with E-state index < -0.39 is 5.60 Å². The number of amides is 1. The van der Waals surface area contributed by atoms with Gasteiger partial charge in [-0.25, -0.2) is 4.79 Å². The zero-order valence-electron chi connectivity index (χ0n) is 11.5. The van der Waals surface area contributed by atoms with E-state index in [0.717, 1.165) is 18.7 Å². The van der Waals surface area contributed by atoms with Crippen LogP contribution in [0.25, 0.3) is 0 Å². The molecule has 0 fully saturated rings. The van der Waals surface area contributed by atoms with E-state index in [1.807, 2.05) is 26.8 Å². The Labute approximate surface area is 112 Å². The van der Waals surface area contributed by atoms with Crippen LogP contribution in [0.5, 0.6) is 0 Å². The number of nitrogens with zero attached hydrogens (tertiary/aromatic N) is 4. The van der Waals surface area contributed by atoms with Gasteiger partial charge in [0, 0.05) is 13.1 Å². The lowest BCUT2D eigenvalue weighted by molar-refractivity contribution is 0.0236. The molecule has 2 rings (SSSR count). The lowest BCUT2D eigenvalue weighted by Crippen LogP contribution is -2.36. The van der Waals surface area contributed by atoms with Crippen molar-refractivity contribution in [1.29, 1.82) is 5.26 Å². The maximum Gasteiger partial charge on any atom is 0.410 e. The number of carbonyl (C=O) groups excluding carboxylic acids is 1. The van der Waals surface area contributed by atoms with E-state index in [2.05, 4.69) is 5.10 Å². The number of ether oxygens (including phenoxy) is 1. The van der Waals surface area contributed by atoms with Crippen molar-refractivity contribution in [1.82, 2.24) is 14.7 Å². The van der Waals surface area contributed by atoms with Crippen LogP contribution in [0, 0.1) is 11.3 Å². The minimum absolute atomic E-state index is 0.319. The summed E-state index contributed by atoms with van der Waals surface area (Å²) in [4.78, 5) is 13.7. The Bertz CT molecular complexity index is 522. The average molecular weight is 262 g/mol. The van der Waals surface area contributed by atoms with Gasteiger partial charge in [0.05, 0.1) is 12.2 Å². The molecule has 0 saturated heterocycles. The lowest BCUT2D eigenvalue weighted by atomic mass is 10.2. The summed E-state index contributed by atoms with van der Waals surface area (Å²) >= 11 is 0. The summed E-state index contributed by atoms with van der Waals surface area (Å²) in [6.07, 6.45) is 0.486. The molecule has 0 unspecified atom stereocenters. The molecule has 1 aliphatic heterocycles. The van der Waals surface area contributed by atoms with E-state index in [-0.39, 0.29) is 6.09 Å². The van der Waals surface area contributed by atoms with Gasteiger partial charge in [-0.15, -0.1) is 0 Å². The van der Waals surface area contributed by atoms with Crippen LogP contribution in [-0.2, 0) is 17.8 Å². The van der Waals surface area contributed by atoms with Crippen molar-refractivity contribution in [2.75, 3.05) is 6.54 Å². The molecule has 19 heavy (non-hydrogen) atoms. The van der Waals surface area contributed by atoms with Gasteiger partial charge in [0.2, 0.25) is 0 Å². The number of aryl methyl sites for hydroxylation is 1. The van der Waals surface area contributed by atoms with Crippen LogP contribution in [0.2, 0.25) is 0 Å².